The predicted molar refractivity (Wildman–Crippen MR) is 99.6 cm³/mol. The first-order valence-corrected chi connectivity index (χ1v) is 9.14. The first-order chi connectivity index (χ1) is 12.0. The van der Waals surface area contributed by atoms with Gasteiger partial charge in [0, 0.05) is 39.1 Å². The van der Waals surface area contributed by atoms with Crippen LogP contribution in [0.1, 0.15) is 23.2 Å². The molecule has 1 fully saturated rings. The monoisotopic (exact) mass is 360 g/mol. The quantitative estimate of drug-likeness (QED) is 0.823. The average Bonchev–Trinajstić information content (AvgIpc) is 2.92. The third-order valence-electron chi connectivity index (χ3n) is 4.79. The van der Waals surface area contributed by atoms with Crippen molar-refractivity contribution in [2.75, 3.05) is 26.2 Å². The van der Waals surface area contributed by atoms with Gasteiger partial charge in [0.2, 0.25) is 5.91 Å². The average molecular weight is 361 g/mol. The van der Waals surface area contributed by atoms with Crippen LogP contribution in [0.5, 0.6) is 0 Å². The maximum absolute atomic E-state index is 12.4. The second-order valence-electron chi connectivity index (χ2n) is 6.70. The molecule has 0 saturated carbocycles. The van der Waals surface area contributed by atoms with Gasteiger partial charge in [-0.05, 0) is 19.4 Å². The molecule has 0 N–H and O–H groups in total. The molecule has 1 aromatic heterocycles. The second kappa shape index (κ2) is 8.02. The molecule has 1 amide bonds. The van der Waals surface area contributed by atoms with E-state index in [1.54, 1.807) is 10.9 Å². The van der Waals surface area contributed by atoms with Crippen molar-refractivity contribution in [3.05, 3.63) is 52.3 Å². The Morgan fingerprint density at radius 2 is 1.96 bits per heavy atom. The Morgan fingerprint density at radius 1 is 1.20 bits per heavy atom. The summed E-state index contributed by atoms with van der Waals surface area (Å²) in [5, 5.41) is 4.85. The van der Waals surface area contributed by atoms with Crippen LogP contribution in [0.15, 0.2) is 30.5 Å². The van der Waals surface area contributed by atoms with Gasteiger partial charge in [0.25, 0.3) is 0 Å². The largest absolute Gasteiger partial charge is 0.340 e. The zero-order valence-electron chi connectivity index (χ0n) is 14.9. The Bertz CT molecular complexity index is 735. The van der Waals surface area contributed by atoms with Crippen molar-refractivity contribution in [3.63, 3.8) is 0 Å². The van der Waals surface area contributed by atoms with Gasteiger partial charge in [0.15, 0.2) is 0 Å². The predicted octanol–water partition coefficient (Wildman–Crippen LogP) is 2.89. The molecule has 25 heavy (non-hydrogen) atoms. The van der Waals surface area contributed by atoms with E-state index in [1.807, 2.05) is 11.8 Å². The summed E-state index contributed by atoms with van der Waals surface area (Å²) in [5.41, 5.74) is 3.54. The van der Waals surface area contributed by atoms with Gasteiger partial charge in [-0.25, -0.2) is 0 Å². The molecule has 2 aromatic rings. The highest BCUT2D eigenvalue weighted by atomic mass is 35.5. The highest BCUT2D eigenvalue weighted by molar-refractivity contribution is 6.31. The Hall–Kier alpha value is -1.85. The lowest BCUT2D eigenvalue weighted by Crippen LogP contribution is -2.48. The van der Waals surface area contributed by atoms with Gasteiger partial charge in [-0.2, -0.15) is 5.10 Å². The number of benzene rings is 1. The third kappa shape index (κ3) is 4.61. The van der Waals surface area contributed by atoms with Crippen LogP contribution in [0.4, 0.5) is 0 Å². The molecular formula is C19H25ClN4O. The Labute approximate surface area is 154 Å². The minimum absolute atomic E-state index is 0.196. The van der Waals surface area contributed by atoms with E-state index in [2.05, 4.69) is 41.2 Å². The SMILES string of the molecule is Cc1cccc(CN2CCN(C(=O)CCn3ncc(Cl)c3C)CC2)c1. The molecule has 134 valence electrons. The summed E-state index contributed by atoms with van der Waals surface area (Å²) in [7, 11) is 0. The van der Waals surface area contributed by atoms with Gasteiger partial charge in [-0.15, -0.1) is 0 Å². The van der Waals surface area contributed by atoms with Gasteiger partial charge in [-0.1, -0.05) is 41.4 Å². The standard InChI is InChI=1S/C19H25ClN4O/c1-15-4-3-5-17(12-15)14-22-8-10-23(11-9-22)19(25)6-7-24-16(2)18(20)13-21-24/h3-5,12-13H,6-11,14H2,1-2H3. The van der Waals surface area contributed by atoms with Crippen LogP contribution in [-0.4, -0.2) is 51.7 Å². The Morgan fingerprint density at radius 3 is 2.60 bits per heavy atom. The van der Waals surface area contributed by atoms with Crippen LogP contribution in [0.25, 0.3) is 0 Å². The van der Waals surface area contributed by atoms with Crippen LogP contribution < -0.4 is 0 Å². The molecule has 0 bridgehead atoms. The van der Waals surface area contributed by atoms with Crippen molar-refractivity contribution < 1.29 is 4.79 Å². The van der Waals surface area contributed by atoms with E-state index in [4.69, 9.17) is 11.6 Å². The van der Waals surface area contributed by atoms with Crippen molar-refractivity contribution in [2.24, 2.45) is 0 Å². The summed E-state index contributed by atoms with van der Waals surface area (Å²) in [5.74, 6) is 0.196. The molecule has 1 aromatic carbocycles. The zero-order valence-corrected chi connectivity index (χ0v) is 15.7. The molecule has 0 atom stereocenters. The van der Waals surface area contributed by atoms with E-state index >= 15 is 0 Å². The minimum atomic E-state index is 0.196. The van der Waals surface area contributed by atoms with E-state index in [-0.39, 0.29) is 5.91 Å². The molecule has 0 spiro atoms. The molecule has 5 nitrogen and oxygen atoms in total. The maximum atomic E-state index is 12.4. The fraction of sp³-hybridized carbons (Fsp3) is 0.474. The lowest BCUT2D eigenvalue weighted by atomic mass is 10.1. The number of aromatic nitrogens is 2. The summed E-state index contributed by atoms with van der Waals surface area (Å²) in [6, 6.07) is 8.62. The summed E-state index contributed by atoms with van der Waals surface area (Å²) in [6.07, 6.45) is 2.10. The van der Waals surface area contributed by atoms with E-state index in [1.165, 1.54) is 11.1 Å². The van der Waals surface area contributed by atoms with Gasteiger partial charge >= 0.3 is 0 Å². The second-order valence-corrected chi connectivity index (χ2v) is 7.10. The van der Waals surface area contributed by atoms with Gasteiger partial charge in [0.1, 0.15) is 0 Å². The summed E-state index contributed by atoms with van der Waals surface area (Å²) in [4.78, 5) is 16.8. The van der Waals surface area contributed by atoms with Crippen LogP contribution in [0.3, 0.4) is 0 Å². The molecule has 6 heteroatoms. The third-order valence-corrected chi connectivity index (χ3v) is 5.17. The van der Waals surface area contributed by atoms with Crippen LogP contribution in [-0.2, 0) is 17.9 Å². The van der Waals surface area contributed by atoms with Gasteiger partial charge < -0.3 is 4.90 Å². The zero-order chi connectivity index (χ0) is 17.8. The summed E-state index contributed by atoms with van der Waals surface area (Å²) >= 11 is 6.00. The highest BCUT2D eigenvalue weighted by Gasteiger charge is 2.21. The Kier molecular flexibility index (Phi) is 5.76. The van der Waals surface area contributed by atoms with Gasteiger partial charge in [0.05, 0.1) is 23.5 Å². The topological polar surface area (TPSA) is 41.4 Å². The molecule has 1 aliphatic heterocycles. The molecule has 1 saturated heterocycles. The number of nitrogens with zero attached hydrogens (tertiary/aromatic N) is 4. The first-order valence-electron chi connectivity index (χ1n) is 8.76. The number of rotatable bonds is 5. The molecule has 2 heterocycles. The molecule has 0 radical (unpaired) electrons. The molecule has 1 aliphatic rings. The summed E-state index contributed by atoms with van der Waals surface area (Å²) < 4.78 is 1.80. The highest BCUT2D eigenvalue weighted by Crippen LogP contribution is 2.14. The number of hydrogen-bond acceptors (Lipinski definition) is 3. The number of aryl methyl sites for hydroxylation is 2. The normalized spacial score (nSPS) is 15.6. The van der Waals surface area contributed by atoms with Crippen LogP contribution in [0.2, 0.25) is 5.02 Å². The lowest BCUT2D eigenvalue weighted by Gasteiger charge is -2.35. The fourth-order valence-corrected chi connectivity index (χ4v) is 3.37. The van der Waals surface area contributed by atoms with Crippen molar-refractivity contribution in [1.82, 2.24) is 19.6 Å². The van der Waals surface area contributed by atoms with E-state index in [0.29, 0.717) is 18.0 Å². The fourth-order valence-electron chi connectivity index (χ4n) is 3.23. The minimum Gasteiger partial charge on any atom is -0.340 e. The number of carbonyl (C=O) groups excluding carboxylic acids is 1. The Balaban J connectivity index is 1.45. The number of halogens is 1. The van der Waals surface area contributed by atoms with E-state index in [9.17, 15) is 4.79 Å². The maximum Gasteiger partial charge on any atom is 0.224 e. The molecular weight excluding hydrogens is 336 g/mol. The van der Waals surface area contributed by atoms with Crippen molar-refractivity contribution in [1.29, 1.82) is 0 Å². The van der Waals surface area contributed by atoms with Crippen LogP contribution >= 0.6 is 11.6 Å². The van der Waals surface area contributed by atoms with Crippen molar-refractivity contribution >= 4 is 17.5 Å². The van der Waals surface area contributed by atoms with E-state index < -0.39 is 0 Å². The number of carbonyl (C=O) groups is 1. The number of piperazine rings is 1. The van der Waals surface area contributed by atoms with Crippen molar-refractivity contribution in [3.8, 4) is 0 Å². The first kappa shape index (κ1) is 18.0. The smallest absolute Gasteiger partial charge is 0.224 e. The van der Waals surface area contributed by atoms with Crippen LogP contribution in [0, 0.1) is 13.8 Å². The molecule has 0 unspecified atom stereocenters. The van der Waals surface area contributed by atoms with Crippen molar-refractivity contribution in [2.45, 2.75) is 33.4 Å². The van der Waals surface area contributed by atoms with E-state index in [0.717, 1.165) is 38.4 Å². The number of amides is 1. The van der Waals surface area contributed by atoms with Gasteiger partial charge in [-0.3, -0.25) is 14.4 Å². The molecule has 3 rings (SSSR count). The summed E-state index contributed by atoms with van der Waals surface area (Å²) in [6.45, 7) is 9.01. The molecule has 0 aliphatic carbocycles. The number of hydrogen-bond donors (Lipinski definition) is 0. The lowest BCUT2D eigenvalue weighted by molar-refractivity contribution is -0.133.